The van der Waals surface area contributed by atoms with E-state index in [0.717, 1.165) is 17.0 Å². The summed E-state index contributed by atoms with van der Waals surface area (Å²) in [6, 6.07) is 5.62. The highest BCUT2D eigenvalue weighted by Crippen LogP contribution is 2.33. The van der Waals surface area contributed by atoms with Crippen LogP contribution >= 0.6 is 34.7 Å². The Labute approximate surface area is 114 Å². The lowest BCUT2D eigenvalue weighted by Gasteiger charge is -2.17. The predicted octanol–water partition coefficient (Wildman–Crippen LogP) is 3.54. The first-order valence-corrected chi connectivity index (χ1v) is 6.71. The summed E-state index contributed by atoms with van der Waals surface area (Å²) < 4.78 is 3.88. The van der Waals surface area contributed by atoms with Gasteiger partial charge in [0.2, 0.25) is 0 Å². The Morgan fingerprint density at radius 1 is 1.41 bits per heavy atom. The second kappa shape index (κ2) is 5.78. The second-order valence-corrected chi connectivity index (χ2v) is 5.06. The predicted molar refractivity (Wildman–Crippen MR) is 71.9 cm³/mol. The number of halogens is 2. The monoisotopic (exact) mass is 287 g/mol. The molecule has 1 N–H and O–H groups in total. The summed E-state index contributed by atoms with van der Waals surface area (Å²) >= 11 is 13.6. The van der Waals surface area contributed by atoms with Crippen molar-refractivity contribution in [3.8, 4) is 0 Å². The number of benzene rings is 1. The summed E-state index contributed by atoms with van der Waals surface area (Å²) in [6.07, 6.45) is 1.75. The molecule has 0 aliphatic carbocycles. The zero-order chi connectivity index (χ0) is 12.3. The number of hydrogen-bond donors (Lipinski definition) is 1. The van der Waals surface area contributed by atoms with Gasteiger partial charge in [0.05, 0.1) is 27.2 Å². The molecule has 0 aliphatic rings. The van der Waals surface area contributed by atoms with Gasteiger partial charge >= 0.3 is 0 Å². The van der Waals surface area contributed by atoms with Gasteiger partial charge in [0, 0.05) is 0 Å². The van der Waals surface area contributed by atoms with Crippen LogP contribution < -0.4 is 5.32 Å². The van der Waals surface area contributed by atoms with Gasteiger partial charge in [0.1, 0.15) is 0 Å². The van der Waals surface area contributed by atoms with Crippen molar-refractivity contribution in [3.05, 3.63) is 44.9 Å². The smallest absolute Gasteiger partial charge is 0.0718 e. The molecule has 0 fully saturated rings. The molecular formula is C11H11Cl2N3S. The number of rotatable bonds is 4. The maximum Gasteiger partial charge on any atom is 0.0718 e. The zero-order valence-electron chi connectivity index (χ0n) is 9.15. The molecule has 0 saturated heterocycles. The lowest BCUT2D eigenvalue weighted by Crippen LogP contribution is -2.21. The molecule has 0 bridgehead atoms. The van der Waals surface area contributed by atoms with Crippen molar-refractivity contribution in [2.45, 2.75) is 13.0 Å². The van der Waals surface area contributed by atoms with Gasteiger partial charge in [-0.3, -0.25) is 0 Å². The van der Waals surface area contributed by atoms with Crippen molar-refractivity contribution in [3.63, 3.8) is 0 Å². The normalized spacial score (nSPS) is 12.6. The van der Waals surface area contributed by atoms with E-state index in [1.54, 1.807) is 12.3 Å². The molecule has 90 valence electrons. The van der Waals surface area contributed by atoms with Crippen molar-refractivity contribution in [1.29, 1.82) is 0 Å². The van der Waals surface area contributed by atoms with Crippen LogP contribution in [0.4, 0.5) is 0 Å². The van der Waals surface area contributed by atoms with Crippen LogP contribution in [0.25, 0.3) is 0 Å². The van der Waals surface area contributed by atoms with Gasteiger partial charge in [-0.1, -0.05) is 46.7 Å². The van der Waals surface area contributed by atoms with Crippen molar-refractivity contribution in [1.82, 2.24) is 14.9 Å². The summed E-state index contributed by atoms with van der Waals surface area (Å²) in [5.74, 6) is 0. The van der Waals surface area contributed by atoms with Crippen LogP contribution in [0.1, 0.15) is 23.4 Å². The van der Waals surface area contributed by atoms with Crippen LogP contribution in [0, 0.1) is 0 Å². The Kier molecular flexibility index (Phi) is 4.34. The Morgan fingerprint density at radius 3 is 2.88 bits per heavy atom. The Balaban J connectivity index is 2.43. The average Bonchev–Trinajstić information content (AvgIpc) is 2.84. The lowest BCUT2D eigenvalue weighted by atomic mass is 10.1. The summed E-state index contributed by atoms with van der Waals surface area (Å²) in [4.78, 5) is 1.02. The number of aromatic nitrogens is 2. The van der Waals surface area contributed by atoms with E-state index in [-0.39, 0.29) is 6.04 Å². The summed E-state index contributed by atoms with van der Waals surface area (Å²) in [5, 5.41) is 8.35. The van der Waals surface area contributed by atoms with Gasteiger partial charge in [0.25, 0.3) is 0 Å². The molecule has 2 aromatic rings. The average molecular weight is 288 g/mol. The summed E-state index contributed by atoms with van der Waals surface area (Å²) in [6.45, 7) is 2.87. The van der Waals surface area contributed by atoms with E-state index >= 15 is 0 Å². The molecule has 3 nitrogen and oxygen atoms in total. The maximum absolute atomic E-state index is 6.23. The van der Waals surface area contributed by atoms with Crippen LogP contribution in [0.5, 0.6) is 0 Å². The Hall–Kier alpha value is -0.680. The van der Waals surface area contributed by atoms with E-state index in [2.05, 4.69) is 14.9 Å². The first kappa shape index (κ1) is 12.8. The summed E-state index contributed by atoms with van der Waals surface area (Å²) in [5.41, 5.74) is 0.951. The summed E-state index contributed by atoms with van der Waals surface area (Å²) in [7, 11) is 0. The zero-order valence-corrected chi connectivity index (χ0v) is 11.5. The number of nitrogens with zero attached hydrogens (tertiary/aromatic N) is 2. The van der Waals surface area contributed by atoms with Gasteiger partial charge in [-0.2, -0.15) is 0 Å². The topological polar surface area (TPSA) is 37.8 Å². The van der Waals surface area contributed by atoms with Crippen LogP contribution in [0.15, 0.2) is 24.4 Å². The lowest BCUT2D eigenvalue weighted by molar-refractivity contribution is 0.639. The molecule has 1 heterocycles. The first-order valence-electron chi connectivity index (χ1n) is 5.18. The van der Waals surface area contributed by atoms with E-state index in [0.29, 0.717) is 10.0 Å². The van der Waals surface area contributed by atoms with Gasteiger partial charge in [-0.15, -0.1) is 5.10 Å². The molecule has 1 aromatic heterocycles. The van der Waals surface area contributed by atoms with Crippen LogP contribution in [0.2, 0.25) is 10.0 Å². The maximum atomic E-state index is 6.23. The minimum Gasteiger partial charge on any atom is -0.306 e. The van der Waals surface area contributed by atoms with Crippen LogP contribution in [0.3, 0.4) is 0 Å². The fourth-order valence-corrected chi connectivity index (χ4v) is 2.63. The molecule has 6 heteroatoms. The molecule has 0 saturated carbocycles. The minimum atomic E-state index is -0.00815. The quantitative estimate of drug-likeness (QED) is 0.935. The highest BCUT2D eigenvalue weighted by atomic mass is 35.5. The number of hydrogen-bond acceptors (Lipinski definition) is 4. The van der Waals surface area contributed by atoms with Crippen molar-refractivity contribution in [2.75, 3.05) is 6.54 Å². The standard InChI is InChI=1S/C11H11Cl2N3S/c1-2-14-11(9-6-15-16-17-9)7-4-3-5-8(12)10(7)13/h3-6,11,14H,2H2,1H3. The van der Waals surface area contributed by atoms with Crippen molar-refractivity contribution >= 4 is 34.7 Å². The van der Waals surface area contributed by atoms with Gasteiger partial charge in [0.15, 0.2) is 0 Å². The van der Waals surface area contributed by atoms with E-state index in [9.17, 15) is 0 Å². The third kappa shape index (κ3) is 2.77. The number of nitrogens with one attached hydrogen (secondary N) is 1. The molecule has 17 heavy (non-hydrogen) atoms. The van der Waals surface area contributed by atoms with Gasteiger partial charge in [-0.05, 0) is 29.7 Å². The second-order valence-electron chi connectivity index (χ2n) is 3.45. The molecule has 1 unspecified atom stereocenters. The third-order valence-corrected chi connectivity index (χ3v) is 3.92. The van der Waals surface area contributed by atoms with E-state index < -0.39 is 0 Å². The molecule has 0 amide bonds. The van der Waals surface area contributed by atoms with Gasteiger partial charge < -0.3 is 5.32 Å². The van der Waals surface area contributed by atoms with E-state index in [1.165, 1.54) is 11.5 Å². The van der Waals surface area contributed by atoms with E-state index in [1.807, 2.05) is 19.1 Å². The van der Waals surface area contributed by atoms with Crippen molar-refractivity contribution in [2.24, 2.45) is 0 Å². The first-order chi connectivity index (χ1) is 8.24. The Bertz CT molecular complexity index is 487. The molecule has 0 radical (unpaired) electrons. The molecule has 1 aromatic carbocycles. The molecule has 0 aliphatic heterocycles. The van der Waals surface area contributed by atoms with Crippen LogP contribution in [-0.2, 0) is 0 Å². The fourth-order valence-electron chi connectivity index (χ4n) is 1.61. The molecular weight excluding hydrogens is 277 g/mol. The SMILES string of the molecule is CCNC(c1cnns1)c1cccc(Cl)c1Cl. The highest BCUT2D eigenvalue weighted by Gasteiger charge is 2.19. The highest BCUT2D eigenvalue weighted by molar-refractivity contribution is 7.05. The van der Waals surface area contributed by atoms with Crippen molar-refractivity contribution < 1.29 is 0 Å². The molecule has 2 rings (SSSR count). The molecule has 0 spiro atoms. The minimum absolute atomic E-state index is 0.00815. The third-order valence-electron chi connectivity index (χ3n) is 2.36. The van der Waals surface area contributed by atoms with Gasteiger partial charge in [-0.25, -0.2) is 0 Å². The molecule has 1 atom stereocenters. The Morgan fingerprint density at radius 2 is 2.24 bits per heavy atom. The van der Waals surface area contributed by atoms with Crippen LogP contribution in [-0.4, -0.2) is 16.1 Å². The largest absolute Gasteiger partial charge is 0.306 e. The fraction of sp³-hybridized carbons (Fsp3) is 0.273. The van der Waals surface area contributed by atoms with E-state index in [4.69, 9.17) is 23.2 Å².